The van der Waals surface area contributed by atoms with Crippen molar-refractivity contribution < 1.29 is 19.4 Å². The molecule has 228 valence electrons. The summed E-state index contributed by atoms with van der Waals surface area (Å²) in [4.78, 5) is 34.7. The van der Waals surface area contributed by atoms with Gasteiger partial charge in [0.1, 0.15) is 33.6 Å². The number of nitrogens with one attached hydrogen (secondary N) is 2. The maximum atomic E-state index is 12.9. The molecule has 7 N–H and O–H groups in total. The van der Waals surface area contributed by atoms with Crippen LogP contribution in [-0.2, 0) is 11.3 Å². The second-order valence-electron chi connectivity index (χ2n) is 9.61. The number of aliphatic hydroxyl groups is 1. The van der Waals surface area contributed by atoms with Crippen molar-refractivity contribution in [1.82, 2.24) is 25.4 Å². The van der Waals surface area contributed by atoms with Crippen LogP contribution in [-0.4, -0.2) is 71.1 Å². The van der Waals surface area contributed by atoms with Crippen molar-refractivity contribution in [2.24, 2.45) is 22.4 Å². The van der Waals surface area contributed by atoms with Crippen LogP contribution in [0.25, 0.3) is 11.1 Å². The highest BCUT2D eigenvalue weighted by Crippen LogP contribution is 2.37. The van der Waals surface area contributed by atoms with Gasteiger partial charge in [-0.1, -0.05) is 29.5 Å². The number of nitrogens with zero attached hydrogens (tertiary/aromatic N) is 5. The number of methoxy groups -OCH3 is 1. The summed E-state index contributed by atoms with van der Waals surface area (Å²) in [5.41, 5.74) is 14.3. The van der Waals surface area contributed by atoms with Gasteiger partial charge in [0.05, 0.1) is 30.7 Å². The second kappa shape index (κ2) is 15.4. The molecule has 0 bridgehead atoms. The number of para-hydroxylation sites is 1. The molecule has 14 heteroatoms. The zero-order valence-corrected chi connectivity index (χ0v) is 25.6. The number of carbonyl (C=O) groups is 2. The molecular formula is C29H37N9O4S. The highest BCUT2D eigenvalue weighted by atomic mass is 32.1. The molecule has 0 spiro atoms. The first kappa shape index (κ1) is 32.7. The predicted molar refractivity (Wildman–Crippen MR) is 168 cm³/mol. The summed E-state index contributed by atoms with van der Waals surface area (Å²) in [5.74, 6) is -0.207. The smallest absolute Gasteiger partial charge is 0.272 e. The van der Waals surface area contributed by atoms with E-state index >= 15 is 0 Å². The topological polar surface area (TPSA) is 194 Å². The molecule has 1 aromatic carbocycles. The number of anilines is 1. The van der Waals surface area contributed by atoms with E-state index in [0.717, 1.165) is 22.9 Å². The third-order valence-electron chi connectivity index (χ3n) is 5.98. The molecule has 2 aromatic heterocycles. The Morgan fingerprint density at radius 3 is 2.49 bits per heavy atom. The molecule has 13 nitrogen and oxygen atoms in total. The lowest BCUT2D eigenvalue weighted by Crippen LogP contribution is -2.26. The third kappa shape index (κ3) is 9.08. The van der Waals surface area contributed by atoms with Gasteiger partial charge in [0.15, 0.2) is 0 Å². The standard InChI is InChI=1S/C27H30N8O4S.C2H7N/c1-15-33-34-24(40-15)13-35(2)27(38)21-10-9-17(12-30-21)18-5-4-6-20(25(18)39-3)31-22(19(28)14-36)11-23(29)32-26(37)16-7-8-16;1-3-2/h4-6,9-12,14,16,31,36H,7-8,13,28H2,1-3H3,(H2,29,32,37);3H,1-2H3/b19-14+,22-11+;. The Labute approximate surface area is 254 Å². The normalized spacial score (nSPS) is 13.6. The summed E-state index contributed by atoms with van der Waals surface area (Å²) in [6.45, 7) is 2.19. The monoisotopic (exact) mass is 607 g/mol. The summed E-state index contributed by atoms with van der Waals surface area (Å²) in [6, 6.07) is 8.80. The predicted octanol–water partition coefficient (Wildman–Crippen LogP) is 2.97. The maximum absolute atomic E-state index is 12.9. The SMILES string of the molecule is CNC.COc1c(NC(=C/C(N)=NC(=O)C2CC2)/C(N)=C\O)cccc1-c1ccc(C(=O)N(C)Cc2nnc(C)s2)nc1. The van der Waals surface area contributed by atoms with E-state index < -0.39 is 0 Å². The number of amidine groups is 1. The minimum absolute atomic E-state index is 0.0261. The van der Waals surface area contributed by atoms with Gasteiger partial charge in [0.25, 0.3) is 11.8 Å². The number of hydrogen-bond acceptors (Lipinski definition) is 11. The summed E-state index contributed by atoms with van der Waals surface area (Å²) in [5, 5.41) is 25.0. The summed E-state index contributed by atoms with van der Waals surface area (Å²) in [6.07, 6.45) is 5.28. The Morgan fingerprint density at radius 2 is 1.93 bits per heavy atom. The first-order valence-electron chi connectivity index (χ1n) is 13.3. The molecule has 0 atom stereocenters. The van der Waals surface area contributed by atoms with Crippen LogP contribution in [0, 0.1) is 12.8 Å². The number of aliphatic imine (C=N–C) groups is 1. The van der Waals surface area contributed by atoms with Crippen molar-refractivity contribution in [3.8, 4) is 16.9 Å². The Kier molecular flexibility index (Phi) is 11.7. The number of aryl methyl sites for hydroxylation is 1. The fourth-order valence-electron chi connectivity index (χ4n) is 3.77. The van der Waals surface area contributed by atoms with Crippen LogP contribution in [0.4, 0.5) is 5.69 Å². The van der Waals surface area contributed by atoms with Crippen LogP contribution < -0.4 is 26.8 Å². The largest absolute Gasteiger partial charge is 0.513 e. The first-order chi connectivity index (χ1) is 20.6. The maximum Gasteiger partial charge on any atom is 0.272 e. The number of ether oxygens (including phenoxy) is 1. The van der Waals surface area contributed by atoms with Crippen molar-refractivity contribution >= 4 is 34.7 Å². The number of nitrogens with two attached hydrogens (primary N) is 2. The van der Waals surface area contributed by atoms with E-state index in [1.54, 1.807) is 37.5 Å². The van der Waals surface area contributed by atoms with Crippen molar-refractivity contribution in [3.05, 3.63) is 76.0 Å². The molecule has 0 aliphatic heterocycles. The van der Waals surface area contributed by atoms with Crippen LogP contribution in [0.5, 0.6) is 5.75 Å². The molecular weight excluding hydrogens is 570 g/mol. The molecule has 1 saturated carbocycles. The Bertz CT molecular complexity index is 1510. The lowest BCUT2D eigenvalue weighted by molar-refractivity contribution is -0.118. The molecule has 2 heterocycles. The van der Waals surface area contributed by atoms with E-state index in [1.807, 2.05) is 27.1 Å². The van der Waals surface area contributed by atoms with Gasteiger partial charge in [0.2, 0.25) is 0 Å². The number of aromatic nitrogens is 3. The molecule has 43 heavy (non-hydrogen) atoms. The number of benzene rings is 1. The van der Waals surface area contributed by atoms with Gasteiger partial charge in [-0.25, -0.2) is 0 Å². The number of hydrogen-bond donors (Lipinski definition) is 5. The van der Waals surface area contributed by atoms with E-state index in [4.69, 9.17) is 16.2 Å². The molecule has 0 unspecified atom stereocenters. The number of amides is 2. The van der Waals surface area contributed by atoms with Crippen LogP contribution in [0.1, 0.15) is 33.3 Å². The molecule has 1 aliphatic rings. The van der Waals surface area contributed by atoms with Crippen molar-refractivity contribution in [2.75, 3.05) is 33.6 Å². The first-order valence-corrected chi connectivity index (χ1v) is 14.2. The van der Waals surface area contributed by atoms with Crippen molar-refractivity contribution in [3.63, 3.8) is 0 Å². The van der Waals surface area contributed by atoms with Gasteiger partial charge in [-0.2, -0.15) is 4.99 Å². The number of carbonyl (C=O) groups excluding carboxylic acids is 2. The average Bonchev–Trinajstić information content (AvgIpc) is 3.78. The van der Waals surface area contributed by atoms with Gasteiger partial charge < -0.3 is 36.8 Å². The molecule has 4 rings (SSSR count). The van der Waals surface area contributed by atoms with Crippen molar-refractivity contribution in [1.29, 1.82) is 0 Å². The number of pyridine rings is 1. The van der Waals surface area contributed by atoms with Crippen LogP contribution in [0.15, 0.2) is 65.3 Å². The fraction of sp³-hybridized carbons (Fsp3) is 0.310. The van der Waals surface area contributed by atoms with E-state index in [0.29, 0.717) is 35.4 Å². The van der Waals surface area contributed by atoms with Gasteiger partial charge in [-0.3, -0.25) is 14.6 Å². The van der Waals surface area contributed by atoms with Crippen LogP contribution in [0.3, 0.4) is 0 Å². The van der Waals surface area contributed by atoms with Crippen molar-refractivity contribution in [2.45, 2.75) is 26.3 Å². The highest BCUT2D eigenvalue weighted by molar-refractivity contribution is 7.11. The minimum atomic E-state index is -0.282. The summed E-state index contributed by atoms with van der Waals surface area (Å²) >= 11 is 1.44. The quantitative estimate of drug-likeness (QED) is 0.0984. The molecule has 1 aliphatic carbocycles. The molecule has 2 amide bonds. The molecule has 1 fully saturated rings. The van der Waals surface area contributed by atoms with E-state index in [-0.39, 0.29) is 40.7 Å². The Hall–Kier alpha value is -4.82. The van der Waals surface area contributed by atoms with E-state index in [1.165, 1.54) is 29.4 Å². The van der Waals surface area contributed by atoms with Crippen LogP contribution in [0.2, 0.25) is 0 Å². The number of rotatable bonds is 10. The molecule has 0 radical (unpaired) electrons. The fourth-order valence-corrected chi connectivity index (χ4v) is 4.53. The van der Waals surface area contributed by atoms with Gasteiger partial charge in [0, 0.05) is 36.4 Å². The lowest BCUT2D eigenvalue weighted by atomic mass is 10.0. The molecule has 3 aromatic rings. The zero-order chi connectivity index (χ0) is 31.5. The number of aliphatic hydroxyl groups excluding tert-OH is 1. The zero-order valence-electron chi connectivity index (χ0n) is 24.8. The average molecular weight is 608 g/mol. The van der Waals surface area contributed by atoms with Crippen LogP contribution >= 0.6 is 11.3 Å². The lowest BCUT2D eigenvalue weighted by Gasteiger charge is -2.18. The third-order valence-corrected chi connectivity index (χ3v) is 6.80. The summed E-state index contributed by atoms with van der Waals surface area (Å²) < 4.78 is 5.70. The Balaban J connectivity index is 0.00000162. The molecule has 0 saturated heterocycles. The van der Waals surface area contributed by atoms with E-state index in [2.05, 4.69) is 30.8 Å². The van der Waals surface area contributed by atoms with E-state index in [9.17, 15) is 14.7 Å². The Morgan fingerprint density at radius 1 is 1.21 bits per heavy atom. The van der Waals surface area contributed by atoms with Gasteiger partial charge in [-0.15, -0.1) is 10.2 Å². The highest BCUT2D eigenvalue weighted by Gasteiger charge is 2.29. The second-order valence-corrected chi connectivity index (χ2v) is 10.9. The summed E-state index contributed by atoms with van der Waals surface area (Å²) in [7, 11) is 6.95. The van der Waals surface area contributed by atoms with Gasteiger partial charge in [-0.05, 0) is 46.0 Å². The minimum Gasteiger partial charge on any atom is -0.513 e. The van der Waals surface area contributed by atoms with Gasteiger partial charge >= 0.3 is 0 Å².